The molecule has 72 valence electrons. The Morgan fingerprint density at radius 3 is 2.62 bits per heavy atom. The van der Waals surface area contributed by atoms with Crippen molar-refractivity contribution in [2.75, 3.05) is 20.2 Å². The number of aliphatic carboxylic acids is 1. The highest BCUT2D eigenvalue weighted by atomic mass is 16.5. The molecule has 0 atom stereocenters. The van der Waals surface area contributed by atoms with Gasteiger partial charge in [-0.25, -0.2) is 4.79 Å². The maximum absolute atomic E-state index is 10.9. The third kappa shape index (κ3) is 4.63. The molecular formula is C7H10N2O4. The summed E-state index contributed by atoms with van der Waals surface area (Å²) in [7, 11) is 1.16. The summed E-state index contributed by atoms with van der Waals surface area (Å²) < 4.78 is 4.32. The Kier molecular flexibility index (Phi) is 5.03. The molecular weight excluding hydrogens is 176 g/mol. The molecule has 0 aliphatic carbocycles. The number of hydrogen-bond donors (Lipinski definition) is 1. The lowest BCUT2D eigenvalue weighted by atomic mass is 10.4. The van der Waals surface area contributed by atoms with Crippen LogP contribution in [0.15, 0.2) is 0 Å². The van der Waals surface area contributed by atoms with E-state index in [-0.39, 0.29) is 13.0 Å². The Balaban J connectivity index is 4.11. The lowest BCUT2D eigenvalue weighted by Crippen LogP contribution is -2.36. The predicted octanol–water partition coefficient (Wildman–Crippen LogP) is 0.0531. The van der Waals surface area contributed by atoms with Crippen molar-refractivity contribution >= 4 is 12.1 Å². The zero-order valence-corrected chi connectivity index (χ0v) is 7.19. The zero-order chi connectivity index (χ0) is 10.3. The van der Waals surface area contributed by atoms with E-state index in [1.165, 1.54) is 0 Å². The highest BCUT2D eigenvalue weighted by Gasteiger charge is 2.15. The molecule has 0 saturated heterocycles. The molecule has 0 heterocycles. The molecule has 0 rings (SSSR count). The first-order valence-corrected chi connectivity index (χ1v) is 3.53. The molecule has 6 heteroatoms. The normalized spacial score (nSPS) is 8.62. The molecule has 1 N–H and O–H groups in total. The van der Waals surface area contributed by atoms with E-state index in [2.05, 4.69) is 4.74 Å². The number of nitrogens with zero attached hydrogens (tertiary/aromatic N) is 2. The largest absolute Gasteiger partial charge is 0.480 e. The summed E-state index contributed by atoms with van der Waals surface area (Å²) in [5, 5.41) is 16.6. The Morgan fingerprint density at radius 2 is 2.23 bits per heavy atom. The van der Waals surface area contributed by atoms with Crippen molar-refractivity contribution in [2.45, 2.75) is 6.42 Å². The second kappa shape index (κ2) is 5.83. The minimum atomic E-state index is -1.14. The van der Waals surface area contributed by atoms with Gasteiger partial charge in [-0.2, -0.15) is 5.26 Å². The van der Waals surface area contributed by atoms with Crippen molar-refractivity contribution in [3.63, 3.8) is 0 Å². The van der Waals surface area contributed by atoms with Gasteiger partial charge in [-0.15, -0.1) is 0 Å². The first kappa shape index (κ1) is 11.2. The Morgan fingerprint density at radius 1 is 1.62 bits per heavy atom. The lowest BCUT2D eigenvalue weighted by molar-refractivity contribution is -0.137. The number of carboxylic acids is 1. The number of amides is 1. The van der Waals surface area contributed by atoms with Gasteiger partial charge in [-0.3, -0.25) is 9.69 Å². The molecule has 6 nitrogen and oxygen atoms in total. The molecule has 0 aromatic heterocycles. The molecule has 0 fully saturated rings. The molecule has 13 heavy (non-hydrogen) atoms. The Labute approximate surface area is 75.3 Å². The smallest absolute Gasteiger partial charge is 0.410 e. The summed E-state index contributed by atoms with van der Waals surface area (Å²) in [6, 6.07) is 1.81. The summed E-state index contributed by atoms with van der Waals surface area (Å²) in [4.78, 5) is 22.1. The van der Waals surface area contributed by atoms with Gasteiger partial charge in [0.2, 0.25) is 0 Å². The van der Waals surface area contributed by atoms with Crippen molar-refractivity contribution in [3.05, 3.63) is 0 Å². The van der Waals surface area contributed by atoms with E-state index in [1.807, 2.05) is 6.07 Å². The Hall–Kier alpha value is -1.77. The van der Waals surface area contributed by atoms with Crippen LogP contribution in [0.5, 0.6) is 0 Å². The average molecular weight is 186 g/mol. The van der Waals surface area contributed by atoms with Crippen LogP contribution in [0.1, 0.15) is 6.42 Å². The second-order valence-electron chi connectivity index (χ2n) is 2.19. The topological polar surface area (TPSA) is 90.6 Å². The number of ether oxygens (including phenoxy) is 1. The summed E-state index contributed by atoms with van der Waals surface area (Å²) in [5.41, 5.74) is 0. The molecule has 1 amide bonds. The SMILES string of the molecule is COC(=O)N(CCC#N)CC(=O)O. The van der Waals surface area contributed by atoms with Gasteiger partial charge in [0.05, 0.1) is 19.6 Å². The maximum Gasteiger partial charge on any atom is 0.410 e. The van der Waals surface area contributed by atoms with Crippen molar-refractivity contribution in [2.24, 2.45) is 0 Å². The van der Waals surface area contributed by atoms with Crippen LogP contribution in [0.2, 0.25) is 0 Å². The standard InChI is InChI=1S/C7H10N2O4/c1-13-7(12)9(4-2-3-8)5-6(10)11/h2,4-5H2,1H3,(H,10,11). The van der Waals surface area contributed by atoms with E-state index in [9.17, 15) is 9.59 Å². The molecule has 0 aromatic carbocycles. The second-order valence-corrected chi connectivity index (χ2v) is 2.19. The van der Waals surface area contributed by atoms with Crippen LogP contribution in [-0.4, -0.2) is 42.3 Å². The molecule has 0 saturated carbocycles. The molecule has 0 radical (unpaired) electrons. The van der Waals surface area contributed by atoms with E-state index in [0.29, 0.717) is 0 Å². The lowest BCUT2D eigenvalue weighted by Gasteiger charge is -2.16. The monoisotopic (exact) mass is 186 g/mol. The van der Waals surface area contributed by atoms with Crippen LogP contribution in [0.3, 0.4) is 0 Å². The third-order valence-electron chi connectivity index (χ3n) is 1.25. The van der Waals surface area contributed by atoms with Crippen molar-refractivity contribution in [1.82, 2.24) is 4.90 Å². The highest BCUT2D eigenvalue weighted by Crippen LogP contribution is 1.94. The molecule has 0 spiro atoms. The van der Waals surface area contributed by atoms with Crippen molar-refractivity contribution < 1.29 is 19.4 Å². The minimum Gasteiger partial charge on any atom is -0.480 e. The van der Waals surface area contributed by atoms with Crippen LogP contribution in [0.25, 0.3) is 0 Å². The Bertz CT molecular complexity index is 233. The first-order valence-electron chi connectivity index (χ1n) is 3.53. The van der Waals surface area contributed by atoms with Gasteiger partial charge in [0, 0.05) is 6.54 Å². The third-order valence-corrected chi connectivity index (χ3v) is 1.25. The predicted molar refractivity (Wildman–Crippen MR) is 41.8 cm³/mol. The molecule has 0 aliphatic heterocycles. The van der Waals surface area contributed by atoms with Gasteiger partial charge in [0.15, 0.2) is 0 Å². The van der Waals surface area contributed by atoms with E-state index < -0.39 is 18.6 Å². The van der Waals surface area contributed by atoms with E-state index in [4.69, 9.17) is 10.4 Å². The van der Waals surface area contributed by atoms with Gasteiger partial charge in [-0.05, 0) is 0 Å². The number of hydrogen-bond acceptors (Lipinski definition) is 4. The van der Waals surface area contributed by atoms with Crippen LogP contribution < -0.4 is 0 Å². The quantitative estimate of drug-likeness (QED) is 0.670. The highest BCUT2D eigenvalue weighted by molar-refractivity contribution is 5.76. The number of methoxy groups -OCH3 is 1. The summed E-state index contributed by atoms with van der Waals surface area (Å²) in [6.45, 7) is -0.385. The van der Waals surface area contributed by atoms with E-state index in [1.54, 1.807) is 0 Å². The van der Waals surface area contributed by atoms with Gasteiger partial charge in [0.1, 0.15) is 6.54 Å². The maximum atomic E-state index is 10.9. The number of nitriles is 1. The summed E-state index contributed by atoms with van der Waals surface area (Å²) in [6.07, 6.45) is -0.653. The number of carbonyl (C=O) groups is 2. The van der Waals surface area contributed by atoms with Crippen LogP contribution >= 0.6 is 0 Å². The van der Waals surface area contributed by atoms with E-state index >= 15 is 0 Å². The van der Waals surface area contributed by atoms with Gasteiger partial charge < -0.3 is 9.84 Å². The van der Waals surface area contributed by atoms with Gasteiger partial charge >= 0.3 is 12.1 Å². The zero-order valence-electron chi connectivity index (χ0n) is 7.19. The molecule has 0 aliphatic rings. The van der Waals surface area contributed by atoms with Crippen LogP contribution in [-0.2, 0) is 9.53 Å². The van der Waals surface area contributed by atoms with Crippen LogP contribution in [0, 0.1) is 11.3 Å². The minimum absolute atomic E-state index is 0.0650. The fourth-order valence-electron chi connectivity index (χ4n) is 0.712. The number of carbonyl (C=O) groups excluding carboxylic acids is 1. The van der Waals surface area contributed by atoms with Crippen molar-refractivity contribution in [1.29, 1.82) is 5.26 Å². The summed E-state index contributed by atoms with van der Waals surface area (Å²) in [5.74, 6) is -1.14. The number of carboxylic acid groups (broad SMARTS) is 1. The molecule has 0 aromatic rings. The van der Waals surface area contributed by atoms with Gasteiger partial charge in [-0.1, -0.05) is 0 Å². The van der Waals surface area contributed by atoms with Crippen LogP contribution in [0.4, 0.5) is 4.79 Å². The fraction of sp³-hybridized carbons (Fsp3) is 0.571. The molecule has 0 unspecified atom stereocenters. The molecule has 0 bridgehead atoms. The van der Waals surface area contributed by atoms with Gasteiger partial charge in [0.25, 0.3) is 0 Å². The van der Waals surface area contributed by atoms with Crippen molar-refractivity contribution in [3.8, 4) is 6.07 Å². The van der Waals surface area contributed by atoms with E-state index in [0.717, 1.165) is 12.0 Å². The average Bonchev–Trinajstić information content (AvgIpc) is 2.10. The summed E-state index contributed by atoms with van der Waals surface area (Å²) >= 11 is 0. The fourth-order valence-corrected chi connectivity index (χ4v) is 0.712. The first-order chi connectivity index (χ1) is 6.11. The number of rotatable bonds is 4.